The van der Waals surface area contributed by atoms with Crippen LogP contribution >= 0.6 is 0 Å². The molecule has 2 rings (SSSR count). The smallest absolute Gasteiger partial charge is 0.229 e. The van der Waals surface area contributed by atoms with Crippen LogP contribution in [0.25, 0.3) is 0 Å². The monoisotopic (exact) mass is 225 g/mol. The molecule has 2 heterocycles. The molecular weight excluding hydrogens is 206 g/mol. The number of nitrogens with one attached hydrogen (secondary N) is 1. The lowest BCUT2D eigenvalue weighted by Gasteiger charge is -2.30. The molecule has 0 aromatic carbocycles. The van der Waals surface area contributed by atoms with Gasteiger partial charge >= 0.3 is 0 Å². The zero-order valence-corrected chi connectivity index (χ0v) is 9.90. The van der Waals surface area contributed by atoms with E-state index in [-0.39, 0.29) is 0 Å². The highest BCUT2D eigenvalue weighted by atomic mass is 16.5. The summed E-state index contributed by atoms with van der Waals surface area (Å²) in [5.41, 5.74) is 0. The molecule has 0 aliphatic carbocycles. The van der Waals surface area contributed by atoms with Gasteiger partial charge in [-0.25, -0.2) is 0 Å². The van der Waals surface area contributed by atoms with Crippen LogP contribution in [0.2, 0.25) is 0 Å². The van der Waals surface area contributed by atoms with E-state index in [0.29, 0.717) is 11.8 Å². The number of hydrogen-bond acceptors (Lipinski definition) is 5. The van der Waals surface area contributed by atoms with Crippen molar-refractivity contribution in [3.05, 3.63) is 11.7 Å². The fourth-order valence-corrected chi connectivity index (χ4v) is 1.79. The van der Waals surface area contributed by atoms with Crippen LogP contribution in [0.1, 0.15) is 31.0 Å². The summed E-state index contributed by atoms with van der Waals surface area (Å²) in [5.74, 6) is 2.59. The minimum atomic E-state index is 0.366. The van der Waals surface area contributed by atoms with Crippen molar-refractivity contribution in [3.8, 4) is 0 Å². The van der Waals surface area contributed by atoms with Crippen molar-refractivity contribution in [1.82, 2.24) is 15.5 Å². The van der Waals surface area contributed by atoms with Crippen molar-refractivity contribution in [1.29, 1.82) is 0 Å². The van der Waals surface area contributed by atoms with Gasteiger partial charge in [-0.3, -0.25) is 0 Å². The summed E-state index contributed by atoms with van der Waals surface area (Å²) in [5, 5.41) is 7.24. The highest BCUT2D eigenvalue weighted by molar-refractivity contribution is 4.98. The summed E-state index contributed by atoms with van der Waals surface area (Å²) < 4.78 is 10.3. The van der Waals surface area contributed by atoms with Gasteiger partial charge in [-0.1, -0.05) is 12.1 Å². The summed E-state index contributed by atoms with van der Waals surface area (Å²) >= 11 is 0. The maximum Gasteiger partial charge on any atom is 0.229 e. The Labute approximate surface area is 95.6 Å². The van der Waals surface area contributed by atoms with Crippen LogP contribution in [-0.4, -0.2) is 36.9 Å². The fourth-order valence-electron chi connectivity index (χ4n) is 1.79. The molecule has 5 heteroatoms. The summed E-state index contributed by atoms with van der Waals surface area (Å²) in [6, 6.07) is 0. The zero-order chi connectivity index (χ0) is 11.4. The highest BCUT2D eigenvalue weighted by Gasteiger charge is 2.28. The summed E-state index contributed by atoms with van der Waals surface area (Å²) in [6.07, 6.45) is 1.77. The summed E-state index contributed by atoms with van der Waals surface area (Å²) in [4.78, 5) is 4.42. The third kappa shape index (κ3) is 2.59. The van der Waals surface area contributed by atoms with Gasteiger partial charge in [0.15, 0.2) is 5.82 Å². The van der Waals surface area contributed by atoms with Crippen LogP contribution in [0.4, 0.5) is 0 Å². The Hall–Kier alpha value is -0.940. The van der Waals surface area contributed by atoms with Gasteiger partial charge in [0.2, 0.25) is 5.89 Å². The fraction of sp³-hybridized carbons (Fsp3) is 0.818. The first kappa shape index (κ1) is 11.5. The van der Waals surface area contributed by atoms with Gasteiger partial charge in [0.25, 0.3) is 0 Å². The molecule has 1 aliphatic rings. The number of aryl methyl sites for hydroxylation is 1. The number of methoxy groups -OCH3 is 1. The molecule has 1 fully saturated rings. The highest BCUT2D eigenvalue weighted by Crippen LogP contribution is 2.25. The van der Waals surface area contributed by atoms with Gasteiger partial charge in [0.05, 0.1) is 0 Å². The third-order valence-electron chi connectivity index (χ3n) is 3.14. The van der Waals surface area contributed by atoms with Gasteiger partial charge in [-0.05, 0) is 25.4 Å². The Balaban J connectivity index is 1.85. The van der Waals surface area contributed by atoms with E-state index in [4.69, 9.17) is 9.26 Å². The van der Waals surface area contributed by atoms with Crippen molar-refractivity contribution in [2.45, 2.75) is 25.7 Å². The lowest BCUT2D eigenvalue weighted by molar-refractivity contribution is 0.194. The van der Waals surface area contributed by atoms with Crippen LogP contribution in [0, 0.1) is 5.92 Å². The Morgan fingerprint density at radius 1 is 1.56 bits per heavy atom. The van der Waals surface area contributed by atoms with E-state index in [0.717, 1.165) is 44.3 Å². The number of rotatable bonds is 6. The van der Waals surface area contributed by atoms with Crippen molar-refractivity contribution in [2.24, 2.45) is 5.92 Å². The molecule has 90 valence electrons. The first-order chi connectivity index (χ1) is 7.81. The van der Waals surface area contributed by atoms with Crippen LogP contribution in [0.3, 0.4) is 0 Å². The molecule has 0 saturated carbocycles. The van der Waals surface area contributed by atoms with E-state index in [2.05, 4.69) is 22.4 Å². The number of nitrogens with zero attached hydrogens (tertiary/aromatic N) is 2. The predicted octanol–water partition coefficient (Wildman–Crippen LogP) is 0.972. The van der Waals surface area contributed by atoms with Crippen LogP contribution in [0.5, 0.6) is 0 Å². The number of aromatic nitrogens is 2. The quantitative estimate of drug-likeness (QED) is 0.731. The first-order valence-electron chi connectivity index (χ1n) is 5.83. The lowest BCUT2D eigenvalue weighted by Crippen LogP contribution is -2.44. The van der Waals surface area contributed by atoms with E-state index in [1.54, 1.807) is 7.11 Å². The number of hydrogen-bond donors (Lipinski definition) is 1. The Kier molecular flexibility index (Phi) is 3.90. The molecule has 0 amide bonds. The molecule has 0 radical (unpaired) electrons. The Morgan fingerprint density at radius 2 is 2.38 bits per heavy atom. The molecule has 1 unspecified atom stereocenters. The average Bonchev–Trinajstić information content (AvgIpc) is 2.64. The van der Waals surface area contributed by atoms with Crippen LogP contribution in [-0.2, 0) is 11.2 Å². The maximum absolute atomic E-state index is 5.28. The molecule has 1 aliphatic heterocycles. The largest absolute Gasteiger partial charge is 0.385 e. The van der Waals surface area contributed by atoms with E-state index >= 15 is 0 Å². The third-order valence-corrected chi connectivity index (χ3v) is 3.14. The molecule has 16 heavy (non-hydrogen) atoms. The van der Waals surface area contributed by atoms with E-state index in [1.807, 2.05) is 0 Å². The van der Waals surface area contributed by atoms with Crippen molar-refractivity contribution in [3.63, 3.8) is 0 Å². The van der Waals surface area contributed by atoms with E-state index in [1.165, 1.54) is 0 Å². The second kappa shape index (κ2) is 5.41. The zero-order valence-electron chi connectivity index (χ0n) is 9.90. The summed E-state index contributed by atoms with van der Waals surface area (Å²) in [7, 11) is 1.70. The molecule has 1 aromatic heterocycles. The van der Waals surface area contributed by atoms with Gasteiger partial charge in [0.1, 0.15) is 0 Å². The van der Waals surface area contributed by atoms with Crippen LogP contribution < -0.4 is 5.32 Å². The molecule has 5 nitrogen and oxygen atoms in total. The molecule has 1 N–H and O–H groups in total. The molecule has 1 atom stereocenters. The minimum Gasteiger partial charge on any atom is -0.385 e. The van der Waals surface area contributed by atoms with Gasteiger partial charge in [-0.2, -0.15) is 4.98 Å². The maximum atomic E-state index is 5.28. The normalized spacial score (nSPS) is 18.4. The molecule has 1 aromatic rings. The van der Waals surface area contributed by atoms with E-state index in [9.17, 15) is 0 Å². The topological polar surface area (TPSA) is 60.2 Å². The lowest BCUT2D eigenvalue weighted by atomic mass is 9.89. The molecular formula is C11H19N3O2. The second-order valence-electron chi connectivity index (χ2n) is 4.35. The Morgan fingerprint density at radius 3 is 3.00 bits per heavy atom. The SMILES string of the molecule is COCCCc1noc(C(C)C2CNC2)n1. The first-order valence-corrected chi connectivity index (χ1v) is 5.83. The molecule has 0 spiro atoms. The van der Waals surface area contributed by atoms with Gasteiger partial charge < -0.3 is 14.6 Å². The van der Waals surface area contributed by atoms with Crippen molar-refractivity contribution in [2.75, 3.05) is 26.8 Å². The predicted molar refractivity (Wildman–Crippen MR) is 59.3 cm³/mol. The number of ether oxygens (including phenoxy) is 1. The average molecular weight is 225 g/mol. The van der Waals surface area contributed by atoms with Crippen LogP contribution in [0.15, 0.2) is 4.52 Å². The molecule has 1 saturated heterocycles. The minimum absolute atomic E-state index is 0.366. The van der Waals surface area contributed by atoms with Gasteiger partial charge in [-0.15, -0.1) is 0 Å². The molecule has 0 bridgehead atoms. The second-order valence-corrected chi connectivity index (χ2v) is 4.35. The summed E-state index contributed by atoms with van der Waals surface area (Å²) in [6.45, 7) is 5.01. The standard InChI is InChI=1S/C11H19N3O2/c1-8(9-6-12-7-9)11-13-10(14-16-11)4-3-5-15-2/h8-9,12H,3-7H2,1-2H3. The van der Waals surface area contributed by atoms with Crippen molar-refractivity contribution >= 4 is 0 Å². The van der Waals surface area contributed by atoms with Gasteiger partial charge in [0, 0.05) is 26.1 Å². The van der Waals surface area contributed by atoms with Crippen molar-refractivity contribution < 1.29 is 9.26 Å². The van der Waals surface area contributed by atoms with E-state index < -0.39 is 0 Å². The Bertz CT molecular complexity index is 323.